The van der Waals surface area contributed by atoms with Gasteiger partial charge in [0, 0.05) is 28.6 Å². The number of aromatic nitrogens is 1. The predicted molar refractivity (Wildman–Crippen MR) is 125 cm³/mol. The number of hydrogen-bond donors (Lipinski definition) is 0. The van der Waals surface area contributed by atoms with Gasteiger partial charge in [0.15, 0.2) is 5.13 Å². The number of carbonyl (C=O) groups excluding carboxylic acids is 1. The number of hydrogen-bond acceptors (Lipinski definition) is 5. The Hall–Kier alpha value is -1.31. The van der Waals surface area contributed by atoms with Gasteiger partial charge >= 0.3 is 0 Å². The summed E-state index contributed by atoms with van der Waals surface area (Å²) >= 11 is 9.36. The van der Waals surface area contributed by atoms with Crippen LogP contribution in [0.4, 0.5) is 5.13 Å². The van der Waals surface area contributed by atoms with Crippen molar-refractivity contribution in [2.75, 3.05) is 37.8 Å². The molecule has 0 N–H and O–H groups in total. The van der Waals surface area contributed by atoms with Crippen LogP contribution in [0.15, 0.2) is 47.4 Å². The van der Waals surface area contributed by atoms with Gasteiger partial charge in [0.2, 0.25) is 0 Å². The van der Waals surface area contributed by atoms with Crippen molar-refractivity contribution in [2.24, 2.45) is 0 Å². The van der Waals surface area contributed by atoms with Crippen molar-refractivity contribution in [1.82, 2.24) is 9.88 Å². The minimum atomic E-state index is -0.0324. The van der Waals surface area contributed by atoms with Crippen LogP contribution in [0.1, 0.15) is 17.3 Å². The molecule has 1 heterocycles. The van der Waals surface area contributed by atoms with Gasteiger partial charge in [-0.25, -0.2) is 4.98 Å². The lowest BCUT2D eigenvalue weighted by atomic mass is 10.2. The Kier molecular flexibility index (Phi) is 8.58. The van der Waals surface area contributed by atoms with Gasteiger partial charge in [-0.1, -0.05) is 29.9 Å². The summed E-state index contributed by atoms with van der Waals surface area (Å²) in [5.74, 6) is 0.978. The maximum atomic E-state index is 13.2. The van der Waals surface area contributed by atoms with Gasteiger partial charge in [-0.3, -0.25) is 9.69 Å². The Morgan fingerprint density at radius 2 is 1.86 bits per heavy atom. The summed E-state index contributed by atoms with van der Waals surface area (Å²) in [6.45, 7) is 3.45. The molecule has 3 rings (SSSR count). The van der Waals surface area contributed by atoms with E-state index < -0.39 is 0 Å². The zero-order valence-electron chi connectivity index (χ0n) is 16.0. The summed E-state index contributed by atoms with van der Waals surface area (Å²) in [6.07, 6.45) is 0. The second-order valence-electron chi connectivity index (χ2n) is 6.33. The second-order valence-corrected chi connectivity index (χ2v) is 9.11. The topological polar surface area (TPSA) is 36.4 Å². The van der Waals surface area contributed by atoms with Crippen molar-refractivity contribution >= 4 is 68.4 Å². The fourth-order valence-electron chi connectivity index (χ4n) is 2.60. The summed E-state index contributed by atoms with van der Waals surface area (Å²) in [7, 11) is 4.00. The Labute approximate surface area is 185 Å². The molecule has 3 aromatic rings. The average Bonchev–Trinajstić information content (AvgIpc) is 3.05. The number of thioether (sulfide) groups is 1. The van der Waals surface area contributed by atoms with Crippen molar-refractivity contribution in [3.63, 3.8) is 0 Å². The molecular weight excluding hydrogens is 433 g/mol. The lowest BCUT2D eigenvalue weighted by Gasteiger charge is -2.22. The predicted octanol–water partition coefficient (Wildman–Crippen LogP) is 5.69. The van der Waals surface area contributed by atoms with E-state index in [0.717, 1.165) is 22.5 Å². The second kappa shape index (κ2) is 10.5. The molecule has 0 aliphatic heterocycles. The molecule has 1 aromatic heterocycles. The van der Waals surface area contributed by atoms with Crippen molar-refractivity contribution < 1.29 is 4.79 Å². The molecule has 0 saturated heterocycles. The van der Waals surface area contributed by atoms with E-state index in [0.29, 0.717) is 22.3 Å². The molecule has 8 heteroatoms. The largest absolute Gasteiger partial charge is 0.308 e. The SMILES string of the molecule is CCSc1ccc(C(=O)N(CCN(C)C)c2nc3ccc(Cl)cc3s2)cc1.Cl. The molecule has 28 heavy (non-hydrogen) atoms. The van der Waals surface area contributed by atoms with Crippen molar-refractivity contribution in [3.05, 3.63) is 53.1 Å². The minimum Gasteiger partial charge on any atom is -0.308 e. The standard InChI is InChI=1S/C20H22ClN3OS2.ClH/c1-4-26-16-8-5-14(6-9-16)19(25)24(12-11-23(2)3)20-22-17-10-7-15(21)13-18(17)27-20;/h5-10,13H,4,11-12H2,1-3H3;1H. The van der Waals surface area contributed by atoms with E-state index in [-0.39, 0.29) is 18.3 Å². The van der Waals surface area contributed by atoms with Crippen LogP contribution in [0.5, 0.6) is 0 Å². The molecule has 0 fully saturated rings. The number of anilines is 1. The number of thiazole rings is 1. The monoisotopic (exact) mass is 455 g/mol. The Bertz CT molecular complexity index is 929. The molecule has 0 bridgehead atoms. The molecule has 0 radical (unpaired) electrons. The highest BCUT2D eigenvalue weighted by atomic mass is 35.5. The smallest absolute Gasteiger partial charge is 0.260 e. The van der Waals surface area contributed by atoms with Gasteiger partial charge in [0.05, 0.1) is 10.2 Å². The molecule has 1 amide bonds. The summed E-state index contributed by atoms with van der Waals surface area (Å²) in [5.41, 5.74) is 1.53. The third-order valence-electron chi connectivity index (χ3n) is 4.00. The molecule has 0 spiro atoms. The number of amides is 1. The quantitative estimate of drug-likeness (QED) is 0.428. The van der Waals surface area contributed by atoms with Crippen LogP contribution >= 0.6 is 47.1 Å². The van der Waals surface area contributed by atoms with E-state index in [1.165, 1.54) is 16.2 Å². The third kappa shape index (κ3) is 5.61. The van der Waals surface area contributed by atoms with Gasteiger partial charge in [-0.2, -0.15) is 0 Å². The summed E-state index contributed by atoms with van der Waals surface area (Å²) in [6, 6.07) is 13.4. The fourth-order valence-corrected chi connectivity index (χ4v) is 4.53. The number of nitrogens with zero attached hydrogens (tertiary/aromatic N) is 3. The first kappa shape index (κ1) is 23.0. The van der Waals surface area contributed by atoms with Gasteiger partial charge in [-0.15, -0.1) is 24.2 Å². The first-order chi connectivity index (χ1) is 13.0. The minimum absolute atomic E-state index is 0. The third-order valence-corrected chi connectivity index (χ3v) is 6.17. The zero-order valence-corrected chi connectivity index (χ0v) is 19.2. The van der Waals surface area contributed by atoms with Gasteiger partial charge < -0.3 is 4.90 Å². The number of rotatable bonds is 7. The molecule has 0 aliphatic rings. The van der Waals surface area contributed by atoms with Crippen molar-refractivity contribution in [2.45, 2.75) is 11.8 Å². The number of fused-ring (bicyclic) bond motifs is 1. The van der Waals surface area contributed by atoms with Crippen LogP contribution in [0.25, 0.3) is 10.2 Å². The number of halogens is 2. The molecule has 0 unspecified atom stereocenters. The van der Waals surface area contributed by atoms with Crippen LogP contribution < -0.4 is 4.90 Å². The zero-order chi connectivity index (χ0) is 19.4. The Morgan fingerprint density at radius 1 is 1.14 bits per heavy atom. The number of benzene rings is 2. The first-order valence-corrected chi connectivity index (χ1v) is 10.9. The van der Waals surface area contributed by atoms with E-state index in [1.807, 2.05) is 56.6 Å². The van der Waals surface area contributed by atoms with Crippen LogP contribution in [0.3, 0.4) is 0 Å². The summed E-state index contributed by atoms with van der Waals surface area (Å²) in [5, 5.41) is 1.37. The van der Waals surface area contributed by atoms with Gasteiger partial charge in [0.25, 0.3) is 5.91 Å². The fraction of sp³-hybridized carbons (Fsp3) is 0.300. The first-order valence-electron chi connectivity index (χ1n) is 8.73. The maximum Gasteiger partial charge on any atom is 0.260 e. The van der Waals surface area contributed by atoms with E-state index in [1.54, 1.807) is 16.7 Å². The van der Waals surface area contributed by atoms with E-state index in [9.17, 15) is 4.79 Å². The van der Waals surface area contributed by atoms with E-state index in [4.69, 9.17) is 11.6 Å². The normalized spacial score (nSPS) is 10.9. The molecule has 0 atom stereocenters. The number of carbonyl (C=O) groups is 1. The highest BCUT2D eigenvalue weighted by Gasteiger charge is 2.21. The lowest BCUT2D eigenvalue weighted by Crippen LogP contribution is -2.36. The Morgan fingerprint density at radius 3 is 2.50 bits per heavy atom. The van der Waals surface area contributed by atoms with Crippen molar-refractivity contribution in [3.8, 4) is 0 Å². The molecule has 0 aliphatic carbocycles. The molecular formula is C20H23Cl2N3OS2. The molecule has 2 aromatic carbocycles. The van der Waals surface area contributed by atoms with Crippen LogP contribution in [-0.2, 0) is 0 Å². The molecule has 0 saturated carbocycles. The molecule has 150 valence electrons. The van der Waals surface area contributed by atoms with E-state index in [2.05, 4.69) is 16.8 Å². The molecule has 4 nitrogen and oxygen atoms in total. The van der Waals surface area contributed by atoms with Crippen LogP contribution in [0, 0.1) is 0 Å². The Balaban J connectivity index is 0.00000280. The van der Waals surface area contributed by atoms with Gasteiger partial charge in [-0.05, 0) is 62.3 Å². The number of likely N-dealkylation sites (N-methyl/N-ethyl adjacent to an activating group) is 1. The summed E-state index contributed by atoms with van der Waals surface area (Å²) in [4.78, 5) is 22.9. The highest BCUT2D eigenvalue weighted by molar-refractivity contribution is 7.99. The van der Waals surface area contributed by atoms with E-state index >= 15 is 0 Å². The van der Waals surface area contributed by atoms with Crippen molar-refractivity contribution in [1.29, 1.82) is 0 Å². The van der Waals surface area contributed by atoms with Crippen LogP contribution in [0.2, 0.25) is 5.02 Å². The highest BCUT2D eigenvalue weighted by Crippen LogP contribution is 2.31. The van der Waals surface area contributed by atoms with Gasteiger partial charge in [0.1, 0.15) is 0 Å². The maximum absolute atomic E-state index is 13.2. The summed E-state index contributed by atoms with van der Waals surface area (Å²) < 4.78 is 0.981. The van der Waals surface area contributed by atoms with Crippen LogP contribution in [-0.4, -0.2) is 48.7 Å². The average molecular weight is 456 g/mol. The lowest BCUT2D eigenvalue weighted by molar-refractivity contribution is 0.0985.